The molecule has 1 aliphatic heterocycles. The first-order valence-electron chi connectivity index (χ1n) is 6.83. The molecule has 104 valence electrons. The van der Waals surface area contributed by atoms with Gasteiger partial charge in [0.05, 0.1) is 6.61 Å². The number of alkyl halides is 1. The molecule has 0 aromatic carbocycles. The van der Waals surface area contributed by atoms with Crippen molar-refractivity contribution in [2.45, 2.75) is 52.2 Å². The molecule has 1 atom stereocenters. The Labute approximate surface area is 116 Å². The van der Waals surface area contributed by atoms with Crippen LogP contribution in [0.3, 0.4) is 0 Å². The van der Waals surface area contributed by atoms with Gasteiger partial charge in [-0.05, 0) is 46.0 Å². The Hall–Kier alpha value is -0.310. The Balaban J connectivity index is 2.12. The minimum absolute atomic E-state index is 0.0150. The quantitative estimate of drug-likeness (QED) is 0.504. The summed E-state index contributed by atoms with van der Waals surface area (Å²) in [5.74, 6) is 0.630. The van der Waals surface area contributed by atoms with E-state index >= 15 is 0 Å². The lowest BCUT2D eigenvalue weighted by Gasteiger charge is -2.22. The van der Waals surface area contributed by atoms with Gasteiger partial charge < -0.3 is 9.47 Å². The van der Waals surface area contributed by atoms with Crippen LogP contribution in [0.25, 0.3) is 0 Å². The molecule has 2 nitrogen and oxygen atoms in total. The third-order valence-corrected chi connectivity index (χ3v) is 3.52. The van der Waals surface area contributed by atoms with E-state index in [-0.39, 0.29) is 6.29 Å². The summed E-state index contributed by atoms with van der Waals surface area (Å²) in [7, 11) is 0. The molecular formula is C15H25ClO2. The first-order chi connectivity index (χ1) is 8.72. The summed E-state index contributed by atoms with van der Waals surface area (Å²) in [5.41, 5.74) is 2.61. The van der Waals surface area contributed by atoms with Crippen LogP contribution >= 0.6 is 11.6 Å². The molecule has 0 aromatic rings. The minimum Gasteiger partial charge on any atom is -0.353 e. The summed E-state index contributed by atoms with van der Waals surface area (Å²) in [6.45, 7) is 5.72. The monoisotopic (exact) mass is 272 g/mol. The van der Waals surface area contributed by atoms with Gasteiger partial charge in [0, 0.05) is 12.5 Å². The molecule has 3 heteroatoms. The first-order valence-corrected chi connectivity index (χ1v) is 7.36. The van der Waals surface area contributed by atoms with Crippen molar-refractivity contribution in [1.82, 2.24) is 0 Å². The van der Waals surface area contributed by atoms with Crippen molar-refractivity contribution in [3.63, 3.8) is 0 Å². The summed E-state index contributed by atoms with van der Waals surface area (Å²) in [4.78, 5) is 0. The topological polar surface area (TPSA) is 18.5 Å². The number of rotatable bonds is 7. The number of hydrogen-bond donors (Lipinski definition) is 0. The second-order valence-electron chi connectivity index (χ2n) is 4.90. The van der Waals surface area contributed by atoms with E-state index in [0.29, 0.717) is 12.5 Å². The predicted octanol–water partition coefficient (Wildman–Crippen LogP) is 4.44. The van der Waals surface area contributed by atoms with Crippen LogP contribution in [0.4, 0.5) is 0 Å². The lowest BCUT2D eigenvalue weighted by Crippen LogP contribution is -2.22. The molecule has 1 aliphatic rings. The van der Waals surface area contributed by atoms with Gasteiger partial charge in [-0.2, -0.15) is 0 Å². The molecule has 1 heterocycles. The van der Waals surface area contributed by atoms with Gasteiger partial charge >= 0.3 is 0 Å². The van der Waals surface area contributed by atoms with Crippen LogP contribution in [0.15, 0.2) is 23.3 Å². The highest BCUT2D eigenvalue weighted by Crippen LogP contribution is 2.14. The number of halogens is 1. The molecular weight excluding hydrogens is 248 g/mol. The first kappa shape index (κ1) is 15.7. The molecule has 0 saturated carbocycles. The fourth-order valence-electron chi connectivity index (χ4n) is 1.84. The van der Waals surface area contributed by atoms with Crippen LogP contribution in [0.2, 0.25) is 0 Å². The second-order valence-corrected chi connectivity index (χ2v) is 5.17. The highest BCUT2D eigenvalue weighted by molar-refractivity contribution is 6.19. The lowest BCUT2D eigenvalue weighted by molar-refractivity contribution is -0.155. The van der Waals surface area contributed by atoms with Gasteiger partial charge in [-0.25, -0.2) is 0 Å². The zero-order valence-electron chi connectivity index (χ0n) is 11.6. The normalized spacial score (nSPS) is 22.3. The van der Waals surface area contributed by atoms with Crippen molar-refractivity contribution in [3.8, 4) is 0 Å². The van der Waals surface area contributed by atoms with Gasteiger partial charge in [0.25, 0.3) is 0 Å². The maximum atomic E-state index is 5.72. The lowest BCUT2D eigenvalue weighted by atomic mass is 10.1. The predicted molar refractivity (Wildman–Crippen MR) is 77.0 cm³/mol. The van der Waals surface area contributed by atoms with Crippen LogP contribution in [0, 0.1) is 0 Å². The zero-order valence-corrected chi connectivity index (χ0v) is 12.3. The molecule has 0 aliphatic carbocycles. The average Bonchev–Trinajstić information content (AvgIpc) is 2.39. The number of ether oxygens (including phenoxy) is 2. The highest BCUT2D eigenvalue weighted by atomic mass is 35.5. The van der Waals surface area contributed by atoms with Crippen LogP contribution in [0.1, 0.15) is 46.0 Å². The van der Waals surface area contributed by atoms with Crippen molar-refractivity contribution in [2.24, 2.45) is 0 Å². The van der Waals surface area contributed by atoms with Crippen LogP contribution in [0.5, 0.6) is 0 Å². The smallest absolute Gasteiger partial charge is 0.157 e. The van der Waals surface area contributed by atoms with Crippen molar-refractivity contribution in [1.29, 1.82) is 0 Å². The van der Waals surface area contributed by atoms with Crippen molar-refractivity contribution in [2.75, 3.05) is 19.1 Å². The third kappa shape index (κ3) is 7.20. The Morgan fingerprint density at radius 1 is 1.28 bits per heavy atom. The number of hydrogen-bond acceptors (Lipinski definition) is 2. The van der Waals surface area contributed by atoms with Gasteiger partial charge in [-0.3, -0.25) is 0 Å². The van der Waals surface area contributed by atoms with E-state index in [4.69, 9.17) is 21.1 Å². The van der Waals surface area contributed by atoms with Crippen molar-refractivity contribution < 1.29 is 9.47 Å². The molecule has 1 saturated heterocycles. The summed E-state index contributed by atoms with van der Waals surface area (Å²) in [6, 6.07) is 0. The molecule has 0 aromatic heterocycles. The van der Waals surface area contributed by atoms with Gasteiger partial charge in [0.2, 0.25) is 0 Å². The van der Waals surface area contributed by atoms with Gasteiger partial charge in [0.1, 0.15) is 0 Å². The van der Waals surface area contributed by atoms with E-state index in [1.807, 2.05) is 0 Å². The fourth-order valence-corrected chi connectivity index (χ4v) is 1.95. The molecule has 18 heavy (non-hydrogen) atoms. The zero-order chi connectivity index (χ0) is 13.2. The minimum atomic E-state index is 0.0150. The Morgan fingerprint density at radius 2 is 2.11 bits per heavy atom. The third-order valence-electron chi connectivity index (χ3n) is 3.09. The van der Waals surface area contributed by atoms with Crippen molar-refractivity contribution in [3.05, 3.63) is 23.3 Å². The SMILES string of the molecule is CC(=CCCC(C)=CCOC1CCCCO1)CCl. The summed E-state index contributed by atoms with van der Waals surface area (Å²) >= 11 is 5.72. The van der Waals surface area contributed by atoms with Crippen molar-refractivity contribution >= 4 is 11.6 Å². The van der Waals surface area contributed by atoms with Gasteiger partial charge in [-0.1, -0.05) is 23.3 Å². The summed E-state index contributed by atoms with van der Waals surface area (Å²) in [5, 5.41) is 0. The molecule has 0 spiro atoms. The Morgan fingerprint density at radius 3 is 2.78 bits per heavy atom. The molecule has 0 bridgehead atoms. The fraction of sp³-hybridized carbons (Fsp3) is 0.733. The maximum Gasteiger partial charge on any atom is 0.157 e. The van der Waals surface area contributed by atoms with E-state index in [2.05, 4.69) is 26.0 Å². The Bertz CT molecular complexity index is 278. The molecule has 1 unspecified atom stereocenters. The second kappa shape index (κ2) is 9.60. The molecule has 1 fully saturated rings. The largest absolute Gasteiger partial charge is 0.353 e. The van der Waals surface area contributed by atoms with Crippen LogP contribution in [-0.4, -0.2) is 25.4 Å². The average molecular weight is 273 g/mol. The molecule has 0 radical (unpaired) electrons. The summed E-state index contributed by atoms with van der Waals surface area (Å²) in [6.07, 6.45) is 9.92. The van der Waals surface area contributed by atoms with Crippen LogP contribution < -0.4 is 0 Å². The van der Waals surface area contributed by atoms with E-state index in [1.165, 1.54) is 24.0 Å². The van der Waals surface area contributed by atoms with Gasteiger partial charge in [-0.15, -0.1) is 11.6 Å². The maximum absolute atomic E-state index is 5.72. The summed E-state index contributed by atoms with van der Waals surface area (Å²) < 4.78 is 11.2. The number of allylic oxidation sites excluding steroid dienone is 3. The Kier molecular flexibility index (Phi) is 8.40. The van der Waals surface area contributed by atoms with Crippen LogP contribution in [-0.2, 0) is 9.47 Å². The van der Waals surface area contributed by atoms with Gasteiger partial charge in [0.15, 0.2) is 6.29 Å². The van der Waals surface area contributed by atoms with E-state index in [9.17, 15) is 0 Å². The van der Waals surface area contributed by atoms with E-state index < -0.39 is 0 Å². The van der Waals surface area contributed by atoms with E-state index in [0.717, 1.165) is 25.9 Å². The van der Waals surface area contributed by atoms with E-state index in [1.54, 1.807) is 0 Å². The molecule has 1 rings (SSSR count). The standard InChI is InChI=1S/C15H25ClO2/c1-13(6-5-7-14(2)12-16)9-11-18-15-8-3-4-10-17-15/h7,9,15H,3-6,8,10-12H2,1-2H3. The molecule has 0 N–H and O–H groups in total. The molecule has 0 amide bonds. The highest BCUT2D eigenvalue weighted by Gasteiger charge is 2.12.